The number of Topliss-reactive ketones (excluding diaryl/α,β-unsaturated/α-hetero) is 1. The van der Waals surface area contributed by atoms with Crippen LogP contribution in [0.5, 0.6) is 0 Å². The highest BCUT2D eigenvalue weighted by atomic mass is 16.6. The molecule has 1 aliphatic carbocycles. The highest BCUT2D eigenvalue weighted by Gasteiger charge is 2.13. The van der Waals surface area contributed by atoms with Crippen molar-refractivity contribution in [2.45, 2.75) is 32.1 Å². The third kappa shape index (κ3) is 3.03. The number of non-ortho nitro benzene ring substituents is 1. The number of hydrogen-bond donors (Lipinski definition) is 0. The van der Waals surface area contributed by atoms with E-state index in [1.807, 2.05) is 6.08 Å². The van der Waals surface area contributed by atoms with Crippen LogP contribution >= 0.6 is 0 Å². The molecule has 0 aliphatic heterocycles. The van der Waals surface area contributed by atoms with Crippen LogP contribution in [0.15, 0.2) is 29.8 Å². The van der Waals surface area contributed by atoms with Gasteiger partial charge in [-0.1, -0.05) is 6.42 Å². The van der Waals surface area contributed by atoms with Gasteiger partial charge in [0.05, 0.1) is 4.92 Å². The van der Waals surface area contributed by atoms with Crippen molar-refractivity contribution in [3.05, 3.63) is 45.5 Å². The first-order valence-electron chi connectivity index (χ1n) is 6.15. The second-order valence-electron chi connectivity index (χ2n) is 4.50. The number of carbonyl (C=O) groups is 1. The van der Waals surface area contributed by atoms with Gasteiger partial charge in [-0.25, -0.2) is 0 Å². The van der Waals surface area contributed by atoms with Crippen molar-refractivity contribution < 1.29 is 9.72 Å². The van der Waals surface area contributed by atoms with Crippen LogP contribution in [0.25, 0.3) is 6.08 Å². The quantitative estimate of drug-likeness (QED) is 0.346. The Hall–Kier alpha value is -1.97. The minimum absolute atomic E-state index is 0.0735. The van der Waals surface area contributed by atoms with Crippen LogP contribution < -0.4 is 0 Å². The van der Waals surface area contributed by atoms with E-state index in [2.05, 4.69) is 0 Å². The first-order valence-corrected chi connectivity index (χ1v) is 6.15. The van der Waals surface area contributed by atoms with E-state index in [0.717, 1.165) is 36.8 Å². The van der Waals surface area contributed by atoms with Gasteiger partial charge in [0, 0.05) is 18.6 Å². The maximum absolute atomic E-state index is 11.8. The van der Waals surface area contributed by atoms with Crippen molar-refractivity contribution in [3.63, 3.8) is 0 Å². The Morgan fingerprint density at radius 3 is 2.39 bits per heavy atom. The van der Waals surface area contributed by atoms with Crippen molar-refractivity contribution >= 4 is 17.5 Å². The third-order valence-corrected chi connectivity index (χ3v) is 3.15. The van der Waals surface area contributed by atoms with E-state index in [1.54, 1.807) is 12.1 Å². The van der Waals surface area contributed by atoms with Crippen LogP contribution in [-0.4, -0.2) is 10.7 Å². The van der Waals surface area contributed by atoms with E-state index < -0.39 is 4.92 Å². The lowest BCUT2D eigenvalue weighted by atomic mass is 10.0. The van der Waals surface area contributed by atoms with Crippen molar-refractivity contribution in [2.75, 3.05) is 0 Å². The maximum atomic E-state index is 11.8. The first-order chi connectivity index (χ1) is 8.66. The average Bonchev–Trinajstić information content (AvgIpc) is 2.56. The molecule has 1 aliphatic rings. The molecule has 0 aromatic heterocycles. The van der Waals surface area contributed by atoms with Crippen molar-refractivity contribution in [2.24, 2.45) is 0 Å². The minimum atomic E-state index is -0.423. The third-order valence-electron chi connectivity index (χ3n) is 3.15. The minimum Gasteiger partial charge on any atom is -0.295 e. The van der Waals surface area contributed by atoms with E-state index in [1.165, 1.54) is 12.1 Å². The fourth-order valence-electron chi connectivity index (χ4n) is 2.12. The molecule has 0 amide bonds. The molecule has 1 aromatic carbocycles. The molecule has 0 radical (unpaired) electrons. The molecule has 0 atom stereocenters. The number of benzene rings is 1. The van der Waals surface area contributed by atoms with Gasteiger partial charge >= 0.3 is 0 Å². The number of nitro groups is 1. The normalized spacial score (nSPS) is 18.7. The number of hydrogen-bond acceptors (Lipinski definition) is 3. The van der Waals surface area contributed by atoms with Gasteiger partial charge in [0.15, 0.2) is 5.78 Å². The van der Waals surface area contributed by atoms with Crippen LogP contribution in [0.3, 0.4) is 0 Å². The number of carbonyl (C=O) groups excluding carboxylic acids is 1. The molecule has 1 saturated carbocycles. The molecular formula is C14H15NO3. The molecule has 2 rings (SSSR count). The zero-order valence-corrected chi connectivity index (χ0v) is 10.1. The Balaban J connectivity index is 2.20. The van der Waals surface area contributed by atoms with Crippen LogP contribution in [0.4, 0.5) is 5.69 Å². The molecular weight excluding hydrogens is 230 g/mol. The zero-order valence-electron chi connectivity index (χ0n) is 10.1. The van der Waals surface area contributed by atoms with Gasteiger partial charge in [-0.3, -0.25) is 14.9 Å². The van der Waals surface area contributed by atoms with E-state index in [9.17, 15) is 14.9 Å². The van der Waals surface area contributed by atoms with Gasteiger partial charge in [0.25, 0.3) is 5.69 Å². The molecule has 4 nitrogen and oxygen atoms in total. The maximum Gasteiger partial charge on any atom is 0.269 e. The molecule has 18 heavy (non-hydrogen) atoms. The fraction of sp³-hybridized carbons (Fsp3) is 0.357. The summed E-state index contributed by atoms with van der Waals surface area (Å²) in [6.45, 7) is 0. The highest BCUT2D eigenvalue weighted by molar-refractivity contribution is 5.99. The molecule has 1 aromatic rings. The first kappa shape index (κ1) is 12.5. The summed E-state index contributed by atoms with van der Waals surface area (Å²) in [6, 6.07) is 6.30. The molecule has 1 fully saturated rings. The van der Waals surface area contributed by atoms with Crippen molar-refractivity contribution in [3.8, 4) is 0 Å². The van der Waals surface area contributed by atoms with Gasteiger partial charge in [-0.2, -0.15) is 0 Å². The average molecular weight is 245 g/mol. The summed E-state index contributed by atoms with van der Waals surface area (Å²) in [5, 5.41) is 10.5. The van der Waals surface area contributed by atoms with Gasteiger partial charge in [-0.15, -0.1) is 0 Å². The Morgan fingerprint density at radius 1 is 1.06 bits per heavy atom. The summed E-state index contributed by atoms with van der Waals surface area (Å²) in [5.41, 5.74) is 1.77. The summed E-state index contributed by atoms with van der Waals surface area (Å²) in [4.78, 5) is 21.9. The summed E-state index contributed by atoms with van der Waals surface area (Å²) in [6.07, 6.45) is 6.41. The Kier molecular flexibility index (Phi) is 3.87. The molecule has 0 N–H and O–H groups in total. The predicted octanol–water partition coefficient (Wildman–Crippen LogP) is 3.51. The van der Waals surface area contributed by atoms with E-state index in [0.29, 0.717) is 6.42 Å². The number of rotatable bonds is 2. The Labute approximate surface area is 105 Å². The van der Waals surface area contributed by atoms with Gasteiger partial charge in [0.1, 0.15) is 0 Å². The van der Waals surface area contributed by atoms with Gasteiger partial charge < -0.3 is 0 Å². The molecule has 0 unspecified atom stereocenters. The molecule has 0 saturated heterocycles. The van der Waals surface area contributed by atoms with Crippen LogP contribution in [0.2, 0.25) is 0 Å². The van der Waals surface area contributed by atoms with E-state index in [-0.39, 0.29) is 11.5 Å². The van der Waals surface area contributed by atoms with Gasteiger partial charge in [0.2, 0.25) is 0 Å². The van der Waals surface area contributed by atoms with E-state index >= 15 is 0 Å². The predicted molar refractivity (Wildman–Crippen MR) is 69.2 cm³/mol. The number of nitro benzene ring substituents is 1. The number of nitrogens with zero attached hydrogens (tertiary/aromatic N) is 1. The lowest BCUT2D eigenvalue weighted by molar-refractivity contribution is -0.384. The SMILES string of the molecule is O=C1CCCCC/C1=C\c1ccc([N+](=O)[O-])cc1. The second-order valence-corrected chi connectivity index (χ2v) is 4.50. The highest BCUT2D eigenvalue weighted by Crippen LogP contribution is 2.22. The van der Waals surface area contributed by atoms with Crippen molar-refractivity contribution in [1.29, 1.82) is 0 Å². The Morgan fingerprint density at radius 2 is 1.72 bits per heavy atom. The van der Waals surface area contributed by atoms with Crippen LogP contribution in [0.1, 0.15) is 37.7 Å². The topological polar surface area (TPSA) is 60.2 Å². The van der Waals surface area contributed by atoms with Crippen LogP contribution in [-0.2, 0) is 4.79 Å². The molecule has 0 bridgehead atoms. The standard InChI is InChI=1S/C14H15NO3/c16-14-5-3-1-2-4-12(14)10-11-6-8-13(9-7-11)15(17)18/h6-10H,1-5H2/b12-10+. The van der Waals surface area contributed by atoms with Crippen molar-refractivity contribution in [1.82, 2.24) is 0 Å². The number of allylic oxidation sites excluding steroid dienone is 1. The van der Waals surface area contributed by atoms with E-state index in [4.69, 9.17) is 0 Å². The summed E-state index contributed by atoms with van der Waals surface area (Å²) < 4.78 is 0. The lowest BCUT2D eigenvalue weighted by Crippen LogP contribution is -1.99. The molecule has 0 spiro atoms. The molecule has 4 heteroatoms. The Bertz CT molecular complexity index is 488. The zero-order chi connectivity index (χ0) is 13.0. The molecule has 0 heterocycles. The van der Waals surface area contributed by atoms with Crippen LogP contribution in [0, 0.1) is 10.1 Å². The smallest absolute Gasteiger partial charge is 0.269 e. The largest absolute Gasteiger partial charge is 0.295 e. The van der Waals surface area contributed by atoms with Gasteiger partial charge in [-0.05, 0) is 48.6 Å². The summed E-state index contributed by atoms with van der Waals surface area (Å²) in [7, 11) is 0. The monoisotopic (exact) mass is 245 g/mol. The molecule has 94 valence electrons. The lowest BCUT2D eigenvalue weighted by Gasteiger charge is -2.01. The summed E-state index contributed by atoms with van der Waals surface area (Å²) >= 11 is 0. The second kappa shape index (κ2) is 5.58. The number of ketones is 1. The summed E-state index contributed by atoms with van der Waals surface area (Å²) in [5.74, 6) is 0.214. The fourth-order valence-corrected chi connectivity index (χ4v) is 2.12.